The minimum atomic E-state index is 0.733. The minimum absolute atomic E-state index is 0.733. The van der Waals surface area contributed by atoms with E-state index < -0.39 is 0 Å². The van der Waals surface area contributed by atoms with Crippen LogP contribution in [0.3, 0.4) is 0 Å². The first-order valence-corrected chi connectivity index (χ1v) is 8.42. The standard InChI is InChI=1S/C5H10O.3C5H10/c1-2-3-4-5-6;3*1-3-5-4-2/h5H,2-4H2,1H3;3*3H,1,4-5H2,2H3. The summed E-state index contributed by atoms with van der Waals surface area (Å²) >= 11 is 0. The molecule has 0 aromatic carbocycles. The number of rotatable bonds is 9. The lowest BCUT2D eigenvalue weighted by atomic mass is 10.3. The number of carbonyl (C=O) groups is 1. The first-order chi connectivity index (χ1) is 10.2. The second kappa shape index (κ2) is 42.8. The lowest BCUT2D eigenvalue weighted by Crippen LogP contribution is -1.70. The summed E-state index contributed by atoms with van der Waals surface area (Å²) in [5, 5.41) is 0. The zero-order valence-corrected chi connectivity index (χ0v) is 15.2. The highest BCUT2D eigenvalue weighted by atomic mass is 16.1. The average Bonchev–Trinajstić information content (AvgIpc) is 2.49. The Balaban J connectivity index is -0.0000000921. The highest BCUT2D eigenvalue weighted by Crippen LogP contribution is 1.87. The average molecular weight is 297 g/mol. The van der Waals surface area contributed by atoms with Gasteiger partial charge in [-0.25, -0.2) is 0 Å². The van der Waals surface area contributed by atoms with Crippen molar-refractivity contribution in [2.45, 2.75) is 85.5 Å². The molecule has 126 valence electrons. The highest BCUT2D eigenvalue weighted by molar-refractivity contribution is 5.48. The smallest absolute Gasteiger partial charge is 0.119 e. The van der Waals surface area contributed by atoms with Gasteiger partial charge in [-0.2, -0.15) is 0 Å². The summed E-state index contributed by atoms with van der Waals surface area (Å²) in [6.07, 6.45) is 16.8. The van der Waals surface area contributed by atoms with Gasteiger partial charge in [-0.05, 0) is 25.7 Å². The molecule has 1 nitrogen and oxygen atoms in total. The van der Waals surface area contributed by atoms with Crippen LogP contribution in [0.15, 0.2) is 38.0 Å². The zero-order valence-electron chi connectivity index (χ0n) is 15.2. The van der Waals surface area contributed by atoms with E-state index in [2.05, 4.69) is 47.4 Å². The van der Waals surface area contributed by atoms with Crippen LogP contribution in [0.25, 0.3) is 0 Å². The predicted molar refractivity (Wildman–Crippen MR) is 101 cm³/mol. The molecule has 0 saturated heterocycles. The van der Waals surface area contributed by atoms with Crippen LogP contribution in [0, 0.1) is 0 Å². The van der Waals surface area contributed by atoms with Crippen molar-refractivity contribution in [2.24, 2.45) is 0 Å². The Morgan fingerprint density at radius 2 is 0.952 bits per heavy atom. The van der Waals surface area contributed by atoms with Gasteiger partial charge in [0.15, 0.2) is 0 Å². The Hall–Kier alpha value is -1.11. The molecule has 0 atom stereocenters. The quantitative estimate of drug-likeness (QED) is 0.248. The lowest BCUT2D eigenvalue weighted by molar-refractivity contribution is -0.107. The molecule has 0 amide bonds. The van der Waals surface area contributed by atoms with E-state index in [1.807, 2.05) is 18.2 Å². The maximum absolute atomic E-state index is 9.56. The third kappa shape index (κ3) is 86.6. The molecule has 0 rings (SSSR count). The van der Waals surface area contributed by atoms with Crippen LogP contribution < -0.4 is 0 Å². The third-order valence-corrected chi connectivity index (χ3v) is 2.15. The van der Waals surface area contributed by atoms with Crippen LogP contribution in [0.1, 0.15) is 85.5 Å². The number of hydrogen-bond acceptors (Lipinski definition) is 1. The molecular weight excluding hydrogens is 256 g/mol. The molecule has 0 aliphatic rings. The lowest BCUT2D eigenvalue weighted by Gasteiger charge is -1.79. The van der Waals surface area contributed by atoms with E-state index in [0.29, 0.717) is 0 Å². The van der Waals surface area contributed by atoms with Gasteiger partial charge in [-0.3, -0.25) is 0 Å². The SMILES string of the molecule is C=CCCC.C=CCCC.C=CCCC.CCCCC=O. The van der Waals surface area contributed by atoms with Crippen molar-refractivity contribution >= 4 is 6.29 Å². The molecule has 0 unspecified atom stereocenters. The van der Waals surface area contributed by atoms with Gasteiger partial charge in [-0.15, -0.1) is 19.7 Å². The van der Waals surface area contributed by atoms with Crippen LogP contribution in [-0.4, -0.2) is 6.29 Å². The molecule has 0 heterocycles. The topological polar surface area (TPSA) is 17.1 Å². The Morgan fingerprint density at radius 3 is 1.00 bits per heavy atom. The van der Waals surface area contributed by atoms with E-state index in [1.165, 1.54) is 19.3 Å². The summed E-state index contributed by atoms with van der Waals surface area (Å²) in [6.45, 7) is 19.1. The fourth-order valence-corrected chi connectivity index (χ4v) is 0.900. The minimum Gasteiger partial charge on any atom is -0.303 e. The molecule has 0 aliphatic carbocycles. The van der Waals surface area contributed by atoms with Gasteiger partial charge in [0.05, 0.1) is 0 Å². The van der Waals surface area contributed by atoms with Crippen molar-refractivity contribution in [1.29, 1.82) is 0 Å². The molecule has 0 saturated carbocycles. The van der Waals surface area contributed by atoms with Gasteiger partial charge in [0, 0.05) is 6.42 Å². The Kier molecular flexibility index (Phi) is 57.2. The number of unbranched alkanes of at least 4 members (excludes halogenated alkanes) is 5. The van der Waals surface area contributed by atoms with Gasteiger partial charge in [0.1, 0.15) is 6.29 Å². The molecule has 0 bridgehead atoms. The second-order valence-corrected chi connectivity index (χ2v) is 4.54. The summed E-state index contributed by atoms with van der Waals surface area (Å²) in [6, 6.07) is 0. The van der Waals surface area contributed by atoms with Crippen LogP contribution in [0.5, 0.6) is 0 Å². The molecule has 0 spiro atoms. The maximum atomic E-state index is 9.56. The molecule has 0 N–H and O–H groups in total. The van der Waals surface area contributed by atoms with Crippen LogP contribution >= 0.6 is 0 Å². The van der Waals surface area contributed by atoms with E-state index in [0.717, 1.165) is 44.8 Å². The Morgan fingerprint density at radius 1 is 0.619 bits per heavy atom. The number of allylic oxidation sites excluding steroid dienone is 3. The maximum Gasteiger partial charge on any atom is 0.119 e. The van der Waals surface area contributed by atoms with E-state index in [9.17, 15) is 4.79 Å². The Bertz CT molecular complexity index is 159. The van der Waals surface area contributed by atoms with Crippen LogP contribution in [0.2, 0.25) is 0 Å². The second-order valence-electron chi connectivity index (χ2n) is 4.54. The number of hydrogen-bond donors (Lipinski definition) is 0. The number of carbonyl (C=O) groups excluding carboxylic acids is 1. The van der Waals surface area contributed by atoms with Crippen molar-refractivity contribution in [2.75, 3.05) is 0 Å². The first-order valence-electron chi connectivity index (χ1n) is 8.42. The van der Waals surface area contributed by atoms with E-state index in [-0.39, 0.29) is 0 Å². The van der Waals surface area contributed by atoms with Gasteiger partial charge >= 0.3 is 0 Å². The summed E-state index contributed by atoms with van der Waals surface area (Å²) in [7, 11) is 0. The van der Waals surface area contributed by atoms with Crippen molar-refractivity contribution in [3.63, 3.8) is 0 Å². The molecule has 0 radical (unpaired) electrons. The molecule has 21 heavy (non-hydrogen) atoms. The van der Waals surface area contributed by atoms with Gasteiger partial charge in [0.25, 0.3) is 0 Å². The van der Waals surface area contributed by atoms with E-state index in [1.54, 1.807) is 0 Å². The van der Waals surface area contributed by atoms with Crippen LogP contribution in [0.4, 0.5) is 0 Å². The molecule has 0 aliphatic heterocycles. The van der Waals surface area contributed by atoms with Gasteiger partial charge < -0.3 is 4.79 Å². The molecule has 0 aromatic rings. The van der Waals surface area contributed by atoms with Gasteiger partial charge in [0.2, 0.25) is 0 Å². The predicted octanol–water partition coefficient (Wildman–Crippen LogP) is 7.29. The van der Waals surface area contributed by atoms with E-state index >= 15 is 0 Å². The summed E-state index contributed by atoms with van der Waals surface area (Å²) < 4.78 is 0. The normalized spacial score (nSPS) is 7.62. The molecular formula is C20H40O. The largest absolute Gasteiger partial charge is 0.303 e. The van der Waals surface area contributed by atoms with Crippen molar-refractivity contribution in [3.8, 4) is 0 Å². The third-order valence-electron chi connectivity index (χ3n) is 2.15. The summed E-state index contributed by atoms with van der Waals surface area (Å²) in [5.74, 6) is 0. The Labute approximate surface area is 135 Å². The molecule has 0 aromatic heterocycles. The van der Waals surface area contributed by atoms with Gasteiger partial charge in [-0.1, -0.05) is 71.6 Å². The summed E-state index contributed by atoms with van der Waals surface area (Å²) in [4.78, 5) is 9.56. The molecule has 0 fully saturated rings. The van der Waals surface area contributed by atoms with E-state index in [4.69, 9.17) is 0 Å². The zero-order chi connectivity index (χ0) is 17.2. The first kappa shape index (κ1) is 28.1. The fraction of sp³-hybridized carbons (Fsp3) is 0.650. The van der Waals surface area contributed by atoms with Crippen molar-refractivity contribution in [1.82, 2.24) is 0 Å². The molecule has 1 heteroatoms. The van der Waals surface area contributed by atoms with Crippen molar-refractivity contribution in [3.05, 3.63) is 38.0 Å². The summed E-state index contributed by atoms with van der Waals surface area (Å²) in [5.41, 5.74) is 0. The number of aldehydes is 1. The highest BCUT2D eigenvalue weighted by Gasteiger charge is 1.75. The fourth-order valence-electron chi connectivity index (χ4n) is 0.900. The van der Waals surface area contributed by atoms with Crippen LogP contribution in [-0.2, 0) is 4.79 Å². The van der Waals surface area contributed by atoms with Crippen molar-refractivity contribution < 1.29 is 4.79 Å². The monoisotopic (exact) mass is 296 g/mol.